The Kier molecular flexibility index (Phi) is 7.28. The van der Waals surface area contributed by atoms with E-state index in [1.54, 1.807) is 24.3 Å². The Morgan fingerprint density at radius 2 is 1.51 bits per heavy atom. The summed E-state index contributed by atoms with van der Waals surface area (Å²) in [6.45, 7) is 4.42. The fourth-order valence-corrected chi connectivity index (χ4v) is 4.84. The van der Waals surface area contributed by atoms with E-state index < -0.39 is 6.36 Å². The summed E-state index contributed by atoms with van der Waals surface area (Å²) >= 11 is 0. The summed E-state index contributed by atoms with van der Waals surface area (Å²) in [4.78, 5) is 2.44. The molecule has 1 aromatic heterocycles. The maximum absolute atomic E-state index is 12.6. The highest BCUT2D eigenvalue weighted by Crippen LogP contribution is 2.33. The maximum Gasteiger partial charge on any atom is 0.573 e. The van der Waals surface area contributed by atoms with Gasteiger partial charge in [-0.25, -0.2) is 0 Å². The van der Waals surface area contributed by atoms with E-state index in [9.17, 15) is 18.3 Å². The van der Waals surface area contributed by atoms with Crippen LogP contribution in [0.2, 0.25) is 0 Å². The first kappa shape index (κ1) is 25.0. The number of aromatic nitrogens is 1. The summed E-state index contributed by atoms with van der Waals surface area (Å²) in [6.07, 6.45) is -0.904. The Hall–Kier alpha value is -3.65. The molecule has 2 heterocycles. The number of halogens is 3. The molecule has 8 heteroatoms. The van der Waals surface area contributed by atoms with E-state index in [0.29, 0.717) is 13.2 Å². The zero-order valence-electron chi connectivity index (χ0n) is 20.4. The molecule has 5 rings (SSSR count). The van der Waals surface area contributed by atoms with E-state index in [0.717, 1.165) is 53.1 Å². The molecule has 1 aliphatic rings. The molecule has 194 valence electrons. The van der Waals surface area contributed by atoms with Crippen LogP contribution in [0.4, 0.5) is 13.2 Å². The van der Waals surface area contributed by atoms with Gasteiger partial charge in [-0.3, -0.25) is 4.90 Å². The molecule has 0 radical (unpaired) electrons. The van der Waals surface area contributed by atoms with Gasteiger partial charge in [0.2, 0.25) is 0 Å². The molecule has 0 aliphatic carbocycles. The Morgan fingerprint density at radius 3 is 2.22 bits per heavy atom. The van der Waals surface area contributed by atoms with Crippen LogP contribution in [0.15, 0.2) is 72.8 Å². The molecule has 0 atom stereocenters. The van der Waals surface area contributed by atoms with Gasteiger partial charge in [-0.2, -0.15) is 0 Å². The molecule has 0 spiro atoms. The quantitative estimate of drug-likeness (QED) is 0.282. The zero-order chi connectivity index (χ0) is 25.8. The van der Waals surface area contributed by atoms with E-state index in [-0.39, 0.29) is 11.5 Å². The fraction of sp³-hybridized carbons (Fsp3) is 0.310. The third-order valence-corrected chi connectivity index (χ3v) is 6.66. The second-order valence-corrected chi connectivity index (χ2v) is 9.33. The zero-order valence-corrected chi connectivity index (χ0v) is 20.4. The highest BCUT2D eigenvalue weighted by molar-refractivity contribution is 5.88. The number of fused-ring (bicyclic) bond motifs is 1. The normalized spacial score (nSPS) is 14.7. The van der Waals surface area contributed by atoms with Crippen molar-refractivity contribution in [2.24, 2.45) is 0 Å². The summed E-state index contributed by atoms with van der Waals surface area (Å²) in [5, 5.41) is 10.8. The predicted molar refractivity (Wildman–Crippen MR) is 137 cm³/mol. The third-order valence-electron chi connectivity index (χ3n) is 6.66. The standard InChI is InChI=1S/C29H29F3N2O3/c30-29(31,32)37-26-11-6-22(7-12-26)28-19-23-18-24(35)8-13-27(23)34(28)20-21-4-9-25(10-5-21)36-17-16-33-14-2-1-3-15-33/h4-13,18-19,35H,1-3,14-17,20H2. The van der Waals surface area contributed by atoms with Crippen molar-refractivity contribution in [2.45, 2.75) is 32.2 Å². The van der Waals surface area contributed by atoms with Gasteiger partial charge in [0.1, 0.15) is 23.9 Å². The SMILES string of the molecule is Oc1ccc2c(c1)cc(-c1ccc(OC(F)(F)F)cc1)n2Cc1ccc(OCCN2CCCCC2)cc1. The molecule has 37 heavy (non-hydrogen) atoms. The van der Waals surface area contributed by atoms with Gasteiger partial charge in [0.25, 0.3) is 0 Å². The number of hydrogen-bond acceptors (Lipinski definition) is 4. The number of benzene rings is 3. The van der Waals surface area contributed by atoms with Gasteiger partial charge < -0.3 is 19.1 Å². The summed E-state index contributed by atoms with van der Waals surface area (Å²) in [5.41, 5.74) is 3.52. The van der Waals surface area contributed by atoms with Crippen molar-refractivity contribution < 1.29 is 27.8 Å². The first-order valence-corrected chi connectivity index (χ1v) is 12.5. The van der Waals surface area contributed by atoms with Gasteiger partial charge in [0.05, 0.1) is 0 Å². The van der Waals surface area contributed by atoms with Gasteiger partial charge in [-0.15, -0.1) is 13.2 Å². The molecule has 4 aromatic rings. The Morgan fingerprint density at radius 1 is 0.811 bits per heavy atom. The number of likely N-dealkylation sites (tertiary alicyclic amines) is 1. The summed E-state index contributed by atoms with van der Waals surface area (Å²) in [5.74, 6) is 0.701. The van der Waals surface area contributed by atoms with Crippen molar-refractivity contribution in [2.75, 3.05) is 26.2 Å². The van der Waals surface area contributed by atoms with Gasteiger partial charge in [0.15, 0.2) is 0 Å². The highest BCUT2D eigenvalue weighted by Gasteiger charge is 2.31. The van der Waals surface area contributed by atoms with Gasteiger partial charge >= 0.3 is 6.36 Å². The number of rotatable bonds is 8. The predicted octanol–water partition coefficient (Wildman–Crippen LogP) is 6.83. The minimum absolute atomic E-state index is 0.149. The van der Waals surface area contributed by atoms with Gasteiger partial charge in [-0.1, -0.05) is 18.6 Å². The molecular weight excluding hydrogens is 481 g/mol. The molecule has 3 aromatic carbocycles. The van der Waals surface area contributed by atoms with Crippen LogP contribution in [0.3, 0.4) is 0 Å². The molecule has 0 amide bonds. The number of phenols is 1. The van der Waals surface area contributed by atoms with Crippen LogP contribution in [0.5, 0.6) is 17.2 Å². The molecule has 0 bridgehead atoms. The second kappa shape index (κ2) is 10.8. The fourth-order valence-electron chi connectivity index (χ4n) is 4.84. The lowest BCUT2D eigenvalue weighted by molar-refractivity contribution is -0.274. The van der Waals surface area contributed by atoms with Crippen LogP contribution in [0, 0.1) is 0 Å². The largest absolute Gasteiger partial charge is 0.573 e. The summed E-state index contributed by atoms with van der Waals surface area (Å²) in [7, 11) is 0. The topological polar surface area (TPSA) is 46.9 Å². The van der Waals surface area contributed by atoms with Gasteiger partial charge in [0, 0.05) is 29.7 Å². The van der Waals surface area contributed by atoms with Crippen molar-refractivity contribution in [3.63, 3.8) is 0 Å². The molecule has 1 saturated heterocycles. The number of nitrogens with zero attached hydrogens (tertiary/aromatic N) is 2. The van der Waals surface area contributed by atoms with Crippen LogP contribution in [-0.2, 0) is 6.54 Å². The lowest BCUT2D eigenvalue weighted by Crippen LogP contribution is -2.33. The van der Waals surface area contributed by atoms with Gasteiger partial charge in [-0.05, 0) is 97.7 Å². The van der Waals surface area contributed by atoms with Crippen molar-refractivity contribution in [1.29, 1.82) is 0 Å². The average Bonchev–Trinajstić information content (AvgIpc) is 3.22. The van der Waals surface area contributed by atoms with E-state index in [4.69, 9.17) is 4.74 Å². The smallest absolute Gasteiger partial charge is 0.508 e. The second-order valence-electron chi connectivity index (χ2n) is 9.33. The molecule has 5 nitrogen and oxygen atoms in total. The van der Waals surface area contributed by atoms with E-state index >= 15 is 0 Å². The van der Waals surface area contributed by atoms with Crippen LogP contribution in [0.1, 0.15) is 24.8 Å². The minimum Gasteiger partial charge on any atom is -0.508 e. The lowest BCUT2D eigenvalue weighted by atomic mass is 10.1. The van der Waals surface area contributed by atoms with E-state index in [1.807, 2.05) is 36.4 Å². The summed E-state index contributed by atoms with van der Waals surface area (Å²) < 4.78 is 49.8. The van der Waals surface area contributed by atoms with Crippen molar-refractivity contribution >= 4 is 10.9 Å². The Balaban J connectivity index is 1.34. The number of hydrogen-bond donors (Lipinski definition) is 1. The Bertz CT molecular complexity index is 1330. The molecule has 0 unspecified atom stereocenters. The number of phenolic OH excluding ortho intramolecular Hbond substituents is 1. The van der Waals surface area contributed by atoms with Crippen LogP contribution in [0.25, 0.3) is 22.2 Å². The summed E-state index contributed by atoms with van der Waals surface area (Å²) in [6, 6.07) is 20.8. The molecule has 1 aliphatic heterocycles. The lowest BCUT2D eigenvalue weighted by Gasteiger charge is -2.26. The minimum atomic E-state index is -4.74. The van der Waals surface area contributed by atoms with Crippen LogP contribution in [-0.4, -0.2) is 47.2 Å². The van der Waals surface area contributed by atoms with Crippen molar-refractivity contribution in [3.8, 4) is 28.5 Å². The van der Waals surface area contributed by atoms with Crippen LogP contribution >= 0.6 is 0 Å². The third kappa shape index (κ3) is 6.38. The number of alkyl halides is 3. The maximum atomic E-state index is 12.6. The molecular formula is C29H29F3N2O3. The van der Waals surface area contributed by atoms with Crippen molar-refractivity contribution in [1.82, 2.24) is 9.47 Å². The molecule has 1 N–H and O–H groups in total. The monoisotopic (exact) mass is 510 g/mol. The molecule has 1 fully saturated rings. The van der Waals surface area contributed by atoms with Crippen LogP contribution < -0.4 is 9.47 Å². The Labute approximate surface area is 213 Å². The first-order valence-electron chi connectivity index (χ1n) is 12.5. The number of aromatic hydroxyl groups is 1. The van der Waals surface area contributed by atoms with E-state index in [1.165, 1.54) is 31.4 Å². The number of ether oxygens (including phenoxy) is 2. The highest BCUT2D eigenvalue weighted by atomic mass is 19.4. The van der Waals surface area contributed by atoms with Crippen molar-refractivity contribution in [3.05, 3.63) is 78.4 Å². The molecule has 0 saturated carbocycles. The average molecular weight is 511 g/mol. The van der Waals surface area contributed by atoms with E-state index in [2.05, 4.69) is 14.2 Å². The first-order chi connectivity index (χ1) is 17.8. The number of piperidine rings is 1.